The predicted molar refractivity (Wildman–Crippen MR) is 133 cm³/mol. The monoisotopic (exact) mass is 467 g/mol. The Morgan fingerprint density at radius 1 is 0.886 bits per heavy atom. The molecule has 0 spiro atoms. The molecule has 0 aliphatic carbocycles. The Hall–Kier alpha value is -4.39. The van der Waals surface area contributed by atoms with Gasteiger partial charge >= 0.3 is 5.69 Å². The number of aryl methyl sites for hydroxylation is 2. The van der Waals surface area contributed by atoms with Crippen LogP contribution in [0, 0.1) is 12.7 Å². The topological polar surface area (TPSA) is 58.2 Å². The minimum Gasteiger partial charge on any atom is -0.477 e. The van der Waals surface area contributed by atoms with Gasteiger partial charge < -0.3 is 9.30 Å². The molecule has 1 aliphatic heterocycles. The van der Waals surface area contributed by atoms with Crippen molar-refractivity contribution in [3.05, 3.63) is 116 Å². The van der Waals surface area contributed by atoms with E-state index < -0.39 is 23.2 Å². The Balaban J connectivity index is 1.89. The van der Waals surface area contributed by atoms with Gasteiger partial charge in [0, 0.05) is 25.2 Å². The maximum absolute atomic E-state index is 14.3. The highest BCUT2D eigenvalue weighted by Crippen LogP contribution is 2.46. The Labute approximate surface area is 200 Å². The van der Waals surface area contributed by atoms with Crippen molar-refractivity contribution in [2.24, 2.45) is 14.1 Å². The fraction of sp³-hybridized carbons (Fsp3) is 0.143. The molecule has 7 heteroatoms. The van der Waals surface area contributed by atoms with Crippen LogP contribution in [0.25, 0.3) is 27.8 Å². The van der Waals surface area contributed by atoms with Crippen LogP contribution in [0.2, 0.25) is 0 Å². The summed E-state index contributed by atoms with van der Waals surface area (Å²) in [4.78, 5) is 26.7. The third kappa shape index (κ3) is 2.94. The van der Waals surface area contributed by atoms with Crippen LogP contribution in [0.3, 0.4) is 0 Å². The van der Waals surface area contributed by atoms with Crippen molar-refractivity contribution in [3.8, 4) is 22.7 Å². The first-order valence-electron chi connectivity index (χ1n) is 11.3. The molecule has 1 aliphatic rings. The average Bonchev–Trinajstić information content (AvgIpc) is 3.22. The summed E-state index contributed by atoms with van der Waals surface area (Å²) in [5.41, 5.74) is 4.12. The number of para-hydroxylation sites is 2. The van der Waals surface area contributed by atoms with Crippen molar-refractivity contribution in [2.75, 3.05) is 0 Å². The van der Waals surface area contributed by atoms with Gasteiger partial charge in [-0.25, -0.2) is 9.18 Å². The molecule has 0 saturated heterocycles. The second-order valence-corrected chi connectivity index (χ2v) is 8.83. The molecular formula is C28H22FN3O3. The number of ether oxygens (including phenoxy) is 1. The molecule has 0 saturated carbocycles. The fourth-order valence-electron chi connectivity index (χ4n) is 5.10. The van der Waals surface area contributed by atoms with E-state index in [1.54, 1.807) is 19.2 Å². The predicted octanol–water partition coefficient (Wildman–Crippen LogP) is 4.62. The number of nitrogens with zero attached hydrogens (tertiary/aromatic N) is 3. The van der Waals surface area contributed by atoms with Crippen molar-refractivity contribution in [3.63, 3.8) is 0 Å². The lowest BCUT2D eigenvalue weighted by molar-refractivity contribution is 0.228. The SMILES string of the molecule is Cc1ccccc1-c1c2c(=O)n(C)c(=O)n(C)c2c2n1-c1ccccc1O[C@H]2c1cccc(F)c1. The zero-order valence-electron chi connectivity index (χ0n) is 19.4. The first-order valence-corrected chi connectivity index (χ1v) is 11.3. The molecule has 6 nitrogen and oxygen atoms in total. The molecule has 6 rings (SSSR count). The molecule has 3 aromatic carbocycles. The van der Waals surface area contributed by atoms with Gasteiger partial charge in [-0.15, -0.1) is 0 Å². The molecule has 35 heavy (non-hydrogen) atoms. The van der Waals surface area contributed by atoms with Gasteiger partial charge in [0.25, 0.3) is 5.56 Å². The third-order valence-corrected chi connectivity index (χ3v) is 6.76. The number of halogens is 1. The smallest absolute Gasteiger partial charge is 0.331 e. The Kier molecular flexibility index (Phi) is 4.57. The summed E-state index contributed by atoms with van der Waals surface area (Å²) in [5.74, 6) is 0.211. The average molecular weight is 468 g/mol. The molecule has 174 valence electrons. The Morgan fingerprint density at radius 3 is 2.40 bits per heavy atom. The molecule has 0 fully saturated rings. The van der Waals surface area contributed by atoms with E-state index in [4.69, 9.17) is 4.74 Å². The van der Waals surface area contributed by atoms with Crippen molar-refractivity contribution >= 4 is 10.9 Å². The molecular weight excluding hydrogens is 445 g/mol. The zero-order valence-corrected chi connectivity index (χ0v) is 19.4. The van der Waals surface area contributed by atoms with Crippen molar-refractivity contribution in [1.82, 2.24) is 13.7 Å². The number of hydrogen-bond acceptors (Lipinski definition) is 3. The van der Waals surface area contributed by atoms with Gasteiger partial charge in [0.05, 0.1) is 28.0 Å². The van der Waals surface area contributed by atoms with E-state index in [2.05, 4.69) is 0 Å². The van der Waals surface area contributed by atoms with Crippen LogP contribution in [0.15, 0.2) is 82.4 Å². The second kappa shape index (κ2) is 7.56. The molecule has 0 radical (unpaired) electrons. The quantitative estimate of drug-likeness (QED) is 0.381. The van der Waals surface area contributed by atoms with Crippen LogP contribution in [0.1, 0.15) is 22.9 Å². The van der Waals surface area contributed by atoms with Gasteiger partial charge in [-0.2, -0.15) is 0 Å². The highest BCUT2D eigenvalue weighted by molar-refractivity contribution is 5.98. The van der Waals surface area contributed by atoms with Gasteiger partial charge in [0.2, 0.25) is 0 Å². The molecule has 0 N–H and O–H groups in total. The molecule has 2 aromatic heterocycles. The van der Waals surface area contributed by atoms with E-state index in [-0.39, 0.29) is 0 Å². The van der Waals surface area contributed by atoms with E-state index in [1.807, 2.05) is 60.0 Å². The Bertz CT molecular complexity index is 1780. The summed E-state index contributed by atoms with van der Waals surface area (Å²) in [7, 11) is 3.13. The summed E-state index contributed by atoms with van der Waals surface area (Å²) in [6, 6.07) is 21.6. The van der Waals surface area contributed by atoms with Crippen molar-refractivity contribution < 1.29 is 9.13 Å². The van der Waals surface area contributed by atoms with Crippen LogP contribution >= 0.6 is 0 Å². The largest absolute Gasteiger partial charge is 0.477 e. The molecule has 5 aromatic rings. The lowest BCUT2D eigenvalue weighted by atomic mass is 10.0. The molecule has 3 heterocycles. The van der Waals surface area contributed by atoms with Gasteiger partial charge in [-0.3, -0.25) is 13.9 Å². The number of hydrogen-bond donors (Lipinski definition) is 0. The second-order valence-electron chi connectivity index (χ2n) is 8.83. The van der Waals surface area contributed by atoms with E-state index >= 15 is 0 Å². The van der Waals surface area contributed by atoms with Gasteiger partial charge in [-0.1, -0.05) is 48.5 Å². The van der Waals surface area contributed by atoms with E-state index in [1.165, 1.54) is 23.7 Å². The lowest BCUT2D eigenvalue weighted by Gasteiger charge is -2.30. The minimum atomic E-state index is -0.737. The van der Waals surface area contributed by atoms with Gasteiger partial charge in [0.15, 0.2) is 6.10 Å². The van der Waals surface area contributed by atoms with Crippen molar-refractivity contribution in [1.29, 1.82) is 0 Å². The van der Waals surface area contributed by atoms with Gasteiger partial charge in [0.1, 0.15) is 11.6 Å². The molecule has 1 atom stereocenters. The first-order chi connectivity index (χ1) is 16.9. The van der Waals surface area contributed by atoms with Gasteiger partial charge in [-0.05, 0) is 36.8 Å². The summed E-state index contributed by atoms with van der Waals surface area (Å²) in [6.45, 7) is 1.99. The summed E-state index contributed by atoms with van der Waals surface area (Å²) >= 11 is 0. The Morgan fingerprint density at radius 2 is 1.63 bits per heavy atom. The zero-order chi connectivity index (χ0) is 24.4. The highest BCUT2D eigenvalue weighted by atomic mass is 19.1. The summed E-state index contributed by atoms with van der Waals surface area (Å²) < 4.78 is 25.4. The molecule has 0 bridgehead atoms. The van der Waals surface area contributed by atoms with Crippen LogP contribution in [-0.2, 0) is 14.1 Å². The summed E-state index contributed by atoms with van der Waals surface area (Å²) in [5, 5.41) is 0.417. The lowest BCUT2D eigenvalue weighted by Crippen LogP contribution is -2.37. The minimum absolute atomic E-state index is 0.390. The van der Waals surface area contributed by atoms with E-state index in [9.17, 15) is 14.0 Å². The highest BCUT2D eigenvalue weighted by Gasteiger charge is 2.36. The van der Waals surface area contributed by atoms with Crippen LogP contribution in [0.4, 0.5) is 4.39 Å². The van der Waals surface area contributed by atoms with Crippen LogP contribution < -0.4 is 16.0 Å². The first kappa shape index (κ1) is 21.2. The van der Waals surface area contributed by atoms with Crippen LogP contribution in [0.5, 0.6) is 5.75 Å². The maximum Gasteiger partial charge on any atom is 0.331 e. The van der Waals surface area contributed by atoms with E-state index in [0.717, 1.165) is 21.4 Å². The molecule has 0 unspecified atom stereocenters. The summed E-state index contributed by atoms with van der Waals surface area (Å²) in [6.07, 6.45) is -0.737. The number of fused-ring (bicyclic) bond motifs is 5. The molecule has 0 amide bonds. The normalized spacial score (nSPS) is 14.5. The standard InChI is InChI=1S/C28H22FN3O3/c1-16-9-4-5-12-19(16)23-22-24(30(2)28(34)31(3)27(22)33)25-26(17-10-8-11-18(29)15-17)35-21-14-7-6-13-20(21)32(23)25/h4-15,26H,1-3H3/t26-/m0/s1. The third-order valence-electron chi connectivity index (χ3n) is 6.76. The number of aromatic nitrogens is 3. The van der Waals surface area contributed by atoms with Crippen LogP contribution in [-0.4, -0.2) is 13.7 Å². The number of rotatable bonds is 2. The van der Waals surface area contributed by atoms with E-state index in [0.29, 0.717) is 33.6 Å². The maximum atomic E-state index is 14.3. The fourth-order valence-corrected chi connectivity index (χ4v) is 5.10. The number of benzene rings is 3. The van der Waals surface area contributed by atoms with Crippen molar-refractivity contribution in [2.45, 2.75) is 13.0 Å².